The molecular weight excluding hydrogens is 276 g/mol. The molecule has 17 heavy (non-hydrogen) atoms. The van der Waals surface area contributed by atoms with Gasteiger partial charge in [0.05, 0.1) is 0 Å². The van der Waals surface area contributed by atoms with Crippen LogP contribution >= 0.6 is 15.9 Å². The van der Waals surface area contributed by atoms with Gasteiger partial charge in [-0.25, -0.2) is 0 Å². The van der Waals surface area contributed by atoms with Gasteiger partial charge >= 0.3 is 0 Å². The summed E-state index contributed by atoms with van der Waals surface area (Å²) in [4.78, 5) is 2.65. The van der Waals surface area contributed by atoms with Gasteiger partial charge in [0.25, 0.3) is 0 Å². The first kappa shape index (κ1) is 11.7. The summed E-state index contributed by atoms with van der Waals surface area (Å²) in [5, 5.41) is 3.44. The monoisotopic (exact) mass is 294 g/mol. The summed E-state index contributed by atoms with van der Waals surface area (Å²) in [6.07, 6.45) is 1.21. The van der Waals surface area contributed by atoms with Gasteiger partial charge in [0, 0.05) is 36.7 Å². The van der Waals surface area contributed by atoms with Crippen LogP contribution in [0.2, 0.25) is 0 Å². The van der Waals surface area contributed by atoms with Crippen LogP contribution in [-0.2, 0) is 6.42 Å². The lowest BCUT2D eigenvalue weighted by atomic mass is 10.0. The van der Waals surface area contributed by atoms with Crippen molar-refractivity contribution in [1.29, 1.82) is 0 Å². The molecule has 0 bridgehead atoms. The van der Waals surface area contributed by atoms with Crippen LogP contribution in [0.3, 0.4) is 0 Å². The zero-order valence-electron chi connectivity index (χ0n) is 10.2. The molecule has 2 aliphatic rings. The molecule has 0 saturated carbocycles. The molecule has 1 N–H and O–H groups in total. The number of piperazine rings is 1. The molecule has 3 rings (SSSR count). The van der Waals surface area contributed by atoms with Crippen molar-refractivity contribution in [2.24, 2.45) is 5.92 Å². The minimum absolute atomic E-state index is 0.629. The van der Waals surface area contributed by atoms with Crippen LogP contribution in [-0.4, -0.2) is 31.1 Å². The molecule has 1 heterocycles. The van der Waals surface area contributed by atoms with Crippen molar-refractivity contribution in [3.05, 3.63) is 33.8 Å². The Balaban J connectivity index is 1.93. The van der Waals surface area contributed by atoms with Gasteiger partial charge in [-0.3, -0.25) is 4.90 Å². The number of hydrogen-bond acceptors (Lipinski definition) is 2. The molecule has 3 heteroatoms. The van der Waals surface area contributed by atoms with E-state index in [1.54, 1.807) is 5.56 Å². The molecule has 1 aromatic rings. The predicted molar refractivity (Wildman–Crippen MR) is 74.2 cm³/mol. The van der Waals surface area contributed by atoms with E-state index < -0.39 is 0 Å². The number of halogens is 1. The summed E-state index contributed by atoms with van der Waals surface area (Å²) >= 11 is 3.70. The Morgan fingerprint density at radius 3 is 2.82 bits per heavy atom. The Morgan fingerprint density at radius 1 is 1.29 bits per heavy atom. The molecule has 0 aromatic heterocycles. The SMILES string of the molecule is CC1Cc2c(Br)cccc2C1N1CCNCC1. The average molecular weight is 295 g/mol. The van der Waals surface area contributed by atoms with E-state index in [1.807, 2.05) is 0 Å². The lowest BCUT2D eigenvalue weighted by molar-refractivity contribution is 0.141. The second-order valence-electron chi connectivity index (χ2n) is 5.22. The number of benzene rings is 1. The number of hydrogen-bond donors (Lipinski definition) is 1. The minimum Gasteiger partial charge on any atom is -0.314 e. The maximum atomic E-state index is 3.70. The first-order chi connectivity index (χ1) is 8.27. The van der Waals surface area contributed by atoms with Crippen LogP contribution in [0.1, 0.15) is 24.1 Å². The predicted octanol–water partition coefficient (Wildman–Crippen LogP) is 2.59. The summed E-state index contributed by atoms with van der Waals surface area (Å²) < 4.78 is 1.29. The van der Waals surface area contributed by atoms with Crippen molar-refractivity contribution in [2.75, 3.05) is 26.2 Å². The molecule has 1 aliphatic heterocycles. The van der Waals surface area contributed by atoms with Crippen molar-refractivity contribution in [1.82, 2.24) is 10.2 Å². The lowest BCUT2D eigenvalue weighted by Crippen LogP contribution is -2.45. The normalized spacial score (nSPS) is 29.3. The molecule has 0 radical (unpaired) electrons. The quantitative estimate of drug-likeness (QED) is 0.856. The molecule has 1 aliphatic carbocycles. The van der Waals surface area contributed by atoms with Crippen molar-refractivity contribution in [3.8, 4) is 0 Å². The Labute approximate surface area is 112 Å². The van der Waals surface area contributed by atoms with Crippen LogP contribution in [0.25, 0.3) is 0 Å². The van der Waals surface area contributed by atoms with Crippen LogP contribution in [0, 0.1) is 5.92 Å². The molecule has 0 amide bonds. The third-order valence-electron chi connectivity index (χ3n) is 4.08. The van der Waals surface area contributed by atoms with E-state index in [9.17, 15) is 0 Å². The van der Waals surface area contributed by atoms with Crippen molar-refractivity contribution in [2.45, 2.75) is 19.4 Å². The van der Waals surface area contributed by atoms with Crippen molar-refractivity contribution in [3.63, 3.8) is 0 Å². The van der Waals surface area contributed by atoms with E-state index in [0.29, 0.717) is 6.04 Å². The van der Waals surface area contributed by atoms with E-state index in [0.717, 1.165) is 19.0 Å². The molecule has 1 fully saturated rings. The maximum absolute atomic E-state index is 3.70. The van der Waals surface area contributed by atoms with Gasteiger partial charge in [0.15, 0.2) is 0 Å². The molecule has 2 atom stereocenters. The van der Waals surface area contributed by atoms with Crippen LogP contribution < -0.4 is 5.32 Å². The summed E-state index contributed by atoms with van der Waals surface area (Å²) in [5.41, 5.74) is 3.08. The minimum atomic E-state index is 0.629. The molecule has 0 spiro atoms. The third kappa shape index (κ3) is 2.05. The van der Waals surface area contributed by atoms with Gasteiger partial charge in [-0.05, 0) is 29.5 Å². The van der Waals surface area contributed by atoms with Crippen LogP contribution in [0.4, 0.5) is 0 Å². The number of fused-ring (bicyclic) bond motifs is 1. The van der Waals surface area contributed by atoms with Gasteiger partial charge in [-0.1, -0.05) is 35.0 Å². The fraction of sp³-hybridized carbons (Fsp3) is 0.571. The summed E-state index contributed by atoms with van der Waals surface area (Å²) in [6.45, 7) is 7.01. The highest BCUT2D eigenvalue weighted by molar-refractivity contribution is 9.10. The van der Waals surface area contributed by atoms with Gasteiger partial charge < -0.3 is 5.32 Å². The van der Waals surface area contributed by atoms with Crippen molar-refractivity contribution >= 4 is 15.9 Å². The number of nitrogens with one attached hydrogen (secondary N) is 1. The van der Waals surface area contributed by atoms with Gasteiger partial charge in [0.1, 0.15) is 0 Å². The summed E-state index contributed by atoms with van der Waals surface area (Å²) in [7, 11) is 0. The molecule has 2 unspecified atom stereocenters. The highest BCUT2D eigenvalue weighted by Gasteiger charge is 2.34. The zero-order valence-corrected chi connectivity index (χ0v) is 11.8. The summed E-state index contributed by atoms with van der Waals surface area (Å²) in [5.74, 6) is 0.738. The van der Waals surface area contributed by atoms with Gasteiger partial charge in [-0.15, -0.1) is 0 Å². The molecule has 92 valence electrons. The fourth-order valence-corrected chi connectivity index (χ4v) is 3.87. The van der Waals surface area contributed by atoms with Gasteiger partial charge in [-0.2, -0.15) is 0 Å². The molecule has 1 saturated heterocycles. The van der Waals surface area contributed by atoms with Crippen LogP contribution in [0.5, 0.6) is 0 Å². The maximum Gasteiger partial charge on any atom is 0.0381 e. The topological polar surface area (TPSA) is 15.3 Å². The second kappa shape index (κ2) is 4.71. The Bertz CT molecular complexity index is 413. The highest BCUT2D eigenvalue weighted by Crippen LogP contribution is 2.42. The summed E-state index contributed by atoms with van der Waals surface area (Å²) in [6, 6.07) is 7.29. The third-order valence-corrected chi connectivity index (χ3v) is 4.83. The van der Waals surface area contributed by atoms with E-state index in [2.05, 4.69) is 51.3 Å². The molecular formula is C14H19BrN2. The standard InChI is InChI=1S/C14H19BrN2/c1-10-9-12-11(3-2-4-13(12)15)14(10)17-7-5-16-6-8-17/h2-4,10,14,16H,5-9H2,1H3. The Kier molecular flexibility index (Phi) is 3.24. The second-order valence-corrected chi connectivity index (χ2v) is 6.07. The Morgan fingerprint density at radius 2 is 2.06 bits per heavy atom. The first-order valence-corrected chi connectivity index (χ1v) is 7.28. The smallest absolute Gasteiger partial charge is 0.0381 e. The number of rotatable bonds is 1. The molecule has 1 aromatic carbocycles. The zero-order chi connectivity index (χ0) is 11.8. The molecule has 2 nitrogen and oxygen atoms in total. The average Bonchev–Trinajstić information content (AvgIpc) is 2.68. The largest absolute Gasteiger partial charge is 0.314 e. The van der Waals surface area contributed by atoms with E-state index in [-0.39, 0.29) is 0 Å². The van der Waals surface area contributed by atoms with E-state index >= 15 is 0 Å². The Hall–Kier alpha value is -0.380. The lowest BCUT2D eigenvalue weighted by Gasteiger charge is -2.35. The van der Waals surface area contributed by atoms with Gasteiger partial charge in [0.2, 0.25) is 0 Å². The highest BCUT2D eigenvalue weighted by atomic mass is 79.9. The first-order valence-electron chi connectivity index (χ1n) is 6.49. The van der Waals surface area contributed by atoms with E-state index in [1.165, 1.54) is 29.5 Å². The number of nitrogens with zero attached hydrogens (tertiary/aromatic N) is 1. The van der Waals surface area contributed by atoms with E-state index in [4.69, 9.17) is 0 Å². The van der Waals surface area contributed by atoms with Crippen LogP contribution in [0.15, 0.2) is 22.7 Å². The van der Waals surface area contributed by atoms with Crippen molar-refractivity contribution < 1.29 is 0 Å². The fourth-order valence-electron chi connectivity index (χ4n) is 3.32.